The summed E-state index contributed by atoms with van der Waals surface area (Å²) in [5.74, 6) is -5.69. The van der Waals surface area contributed by atoms with Gasteiger partial charge < -0.3 is 20.2 Å². The molecule has 2 aliphatic heterocycles. The van der Waals surface area contributed by atoms with Gasteiger partial charge in [0.25, 0.3) is 11.8 Å². The van der Waals surface area contributed by atoms with Crippen molar-refractivity contribution in [3.8, 4) is 0 Å². The molecule has 0 saturated carbocycles. The molecule has 232 valence electrons. The third kappa shape index (κ3) is 6.32. The molecule has 0 bridgehead atoms. The molecule has 0 unspecified atom stereocenters. The van der Waals surface area contributed by atoms with Crippen molar-refractivity contribution >= 4 is 42.1 Å². The molecule has 3 aromatic carbocycles. The Bertz CT molecular complexity index is 1590. The Morgan fingerprint density at radius 1 is 0.932 bits per heavy atom. The predicted molar refractivity (Wildman–Crippen MR) is 163 cm³/mol. The zero-order valence-corrected chi connectivity index (χ0v) is 25.3. The first-order valence-corrected chi connectivity index (χ1v) is 16.3. The molecule has 11 nitrogen and oxygen atoms in total. The summed E-state index contributed by atoms with van der Waals surface area (Å²) in [4.78, 5) is 74.4. The smallest absolute Gasteiger partial charge is 0.342 e. The first-order chi connectivity index (χ1) is 20.9. The highest BCUT2D eigenvalue weighted by molar-refractivity contribution is 7.52. The molecule has 1 saturated heterocycles. The molecule has 44 heavy (non-hydrogen) atoms. The monoisotopic (exact) mass is 621 g/mol. The van der Waals surface area contributed by atoms with Gasteiger partial charge in [0, 0.05) is 29.5 Å². The number of carbonyl (C=O) groups is 4. The van der Waals surface area contributed by atoms with E-state index in [9.17, 15) is 38.6 Å². The van der Waals surface area contributed by atoms with E-state index in [-0.39, 0.29) is 25.3 Å². The van der Waals surface area contributed by atoms with Gasteiger partial charge in [-0.15, -0.1) is 0 Å². The van der Waals surface area contributed by atoms with E-state index in [4.69, 9.17) is 0 Å². The van der Waals surface area contributed by atoms with Crippen LogP contribution in [0.15, 0.2) is 66.7 Å². The van der Waals surface area contributed by atoms with Crippen molar-refractivity contribution in [2.24, 2.45) is 17.8 Å². The molecule has 12 heteroatoms. The van der Waals surface area contributed by atoms with Crippen molar-refractivity contribution in [3.63, 3.8) is 0 Å². The van der Waals surface area contributed by atoms with Crippen LogP contribution in [0.25, 0.3) is 10.8 Å². The molecule has 3 amide bonds. The molecule has 0 aliphatic carbocycles. The van der Waals surface area contributed by atoms with Crippen molar-refractivity contribution in [1.82, 2.24) is 15.5 Å². The number of aliphatic carboxylic acids is 1. The Balaban J connectivity index is 1.40. The first-order valence-electron chi connectivity index (χ1n) is 14.6. The number of imide groups is 1. The number of nitrogens with one attached hydrogen (secondary N) is 2. The number of carboxylic acids is 1. The minimum absolute atomic E-state index is 0.0254. The highest BCUT2D eigenvalue weighted by atomic mass is 31.2. The molecule has 5 rings (SSSR count). The van der Waals surface area contributed by atoms with Gasteiger partial charge >= 0.3 is 13.6 Å². The van der Waals surface area contributed by atoms with Crippen LogP contribution in [0.1, 0.15) is 53.0 Å². The van der Waals surface area contributed by atoms with E-state index in [1.54, 1.807) is 54.6 Å². The molecule has 0 aromatic heterocycles. The maximum Gasteiger partial charge on any atom is 0.342 e. The molecule has 5 atom stereocenters. The second kappa shape index (κ2) is 12.6. The van der Waals surface area contributed by atoms with E-state index in [1.165, 1.54) is 0 Å². The number of nitrogens with zero attached hydrogens (tertiary/aromatic N) is 1. The van der Waals surface area contributed by atoms with E-state index >= 15 is 0 Å². The first kappa shape index (κ1) is 31.5. The van der Waals surface area contributed by atoms with E-state index in [1.807, 2.05) is 26.0 Å². The van der Waals surface area contributed by atoms with Gasteiger partial charge in [-0.1, -0.05) is 68.4 Å². The Kier molecular flexibility index (Phi) is 9.04. The molecular formula is C32H36N3O8P. The SMILES string of the molecule is CC(C)C[C@H]1[C@H](CCN2C(=O)c3cccc4cccc(c34)C2=O)[C@@H](P(=O)(O)O)N[C@@H]1C(=O)N[C@@H](Cc1ccccc1)C(=O)O. The number of hydrogen-bond donors (Lipinski definition) is 5. The maximum absolute atomic E-state index is 13.6. The highest BCUT2D eigenvalue weighted by Gasteiger charge is 2.52. The van der Waals surface area contributed by atoms with Crippen LogP contribution in [0.2, 0.25) is 0 Å². The lowest BCUT2D eigenvalue weighted by Gasteiger charge is -2.31. The fourth-order valence-electron chi connectivity index (χ4n) is 6.63. The average molecular weight is 622 g/mol. The molecule has 2 heterocycles. The highest BCUT2D eigenvalue weighted by Crippen LogP contribution is 2.52. The van der Waals surface area contributed by atoms with Crippen LogP contribution < -0.4 is 10.6 Å². The lowest BCUT2D eigenvalue weighted by atomic mass is 9.81. The topological polar surface area (TPSA) is 173 Å². The summed E-state index contributed by atoms with van der Waals surface area (Å²) in [6.07, 6.45) is 0.459. The van der Waals surface area contributed by atoms with Gasteiger partial charge in [0.05, 0.1) is 6.04 Å². The van der Waals surface area contributed by atoms with Gasteiger partial charge in [0.2, 0.25) is 5.91 Å². The summed E-state index contributed by atoms with van der Waals surface area (Å²) in [6.45, 7) is 3.73. The van der Waals surface area contributed by atoms with Gasteiger partial charge in [-0.3, -0.25) is 29.2 Å². The van der Waals surface area contributed by atoms with Gasteiger partial charge in [0.15, 0.2) is 0 Å². The largest absolute Gasteiger partial charge is 0.480 e. The van der Waals surface area contributed by atoms with Crippen LogP contribution in [-0.2, 0) is 20.6 Å². The van der Waals surface area contributed by atoms with Crippen molar-refractivity contribution in [2.75, 3.05) is 6.54 Å². The second-order valence-electron chi connectivity index (χ2n) is 12.0. The quantitative estimate of drug-likeness (QED) is 0.159. The van der Waals surface area contributed by atoms with Crippen LogP contribution in [0, 0.1) is 17.8 Å². The lowest BCUT2D eigenvalue weighted by Crippen LogP contribution is -2.51. The van der Waals surface area contributed by atoms with Gasteiger partial charge in [-0.25, -0.2) is 4.79 Å². The number of benzene rings is 3. The summed E-state index contributed by atoms with van der Waals surface area (Å²) >= 11 is 0. The number of amides is 3. The van der Waals surface area contributed by atoms with Crippen molar-refractivity contribution in [3.05, 3.63) is 83.4 Å². The third-order valence-electron chi connectivity index (χ3n) is 8.56. The molecular weight excluding hydrogens is 585 g/mol. The minimum atomic E-state index is -4.82. The zero-order chi connectivity index (χ0) is 31.8. The normalized spacial score (nSPS) is 22.4. The van der Waals surface area contributed by atoms with Gasteiger partial charge in [0.1, 0.15) is 11.8 Å². The minimum Gasteiger partial charge on any atom is -0.480 e. The molecule has 0 spiro atoms. The van der Waals surface area contributed by atoms with Crippen LogP contribution >= 0.6 is 7.60 Å². The van der Waals surface area contributed by atoms with E-state index < -0.39 is 61.0 Å². The number of carboxylic acid groups (broad SMARTS) is 1. The molecule has 2 aliphatic rings. The Hall–Kier alpha value is -3.89. The Labute approximate surface area is 254 Å². The van der Waals surface area contributed by atoms with Crippen LogP contribution in [-0.4, -0.2) is 67.9 Å². The standard InChI is InChI=1S/C32H36N3O8P/c1-18(2)16-24-21(14-15-35-30(37)22-12-6-10-20-11-7-13-23(26(20)22)31(35)38)29(44(41,42)43)34-27(24)28(36)33-25(32(39)40)17-19-8-4-3-5-9-19/h3-13,18,21,24-25,27,29,34H,14-17H2,1-2H3,(H,33,36)(H,39,40)(H2,41,42,43)/t21-,24-,25-,27-,29+/m0/s1. The van der Waals surface area contributed by atoms with Crippen LogP contribution in [0.5, 0.6) is 0 Å². The summed E-state index contributed by atoms with van der Waals surface area (Å²) in [7, 11) is -4.82. The Morgan fingerprint density at radius 3 is 2.09 bits per heavy atom. The fourth-order valence-corrected chi connectivity index (χ4v) is 7.85. The summed E-state index contributed by atoms with van der Waals surface area (Å²) in [6, 6.07) is 16.9. The van der Waals surface area contributed by atoms with Crippen molar-refractivity contribution in [1.29, 1.82) is 0 Å². The maximum atomic E-state index is 13.6. The van der Waals surface area contributed by atoms with Crippen molar-refractivity contribution in [2.45, 2.75) is 51.0 Å². The average Bonchev–Trinajstić information content (AvgIpc) is 3.34. The van der Waals surface area contributed by atoms with E-state index in [0.29, 0.717) is 28.5 Å². The summed E-state index contributed by atoms with van der Waals surface area (Å²) in [5, 5.41) is 16.6. The molecule has 5 N–H and O–H groups in total. The van der Waals surface area contributed by atoms with Crippen LogP contribution in [0.4, 0.5) is 0 Å². The van der Waals surface area contributed by atoms with Crippen LogP contribution in [0.3, 0.4) is 0 Å². The zero-order valence-electron chi connectivity index (χ0n) is 24.4. The number of carbonyl (C=O) groups excluding carboxylic acids is 3. The number of rotatable bonds is 11. The van der Waals surface area contributed by atoms with E-state index in [2.05, 4.69) is 10.6 Å². The van der Waals surface area contributed by atoms with Crippen molar-refractivity contribution < 1.29 is 38.6 Å². The van der Waals surface area contributed by atoms with Gasteiger partial charge in [-0.2, -0.15) is 0 Å². The van der Waals surface area contributed by atoms with E-state index in [0.717, 1.165) is 10.3 Å². The molecule has 1 fully saturated rings. The predicted octanol–water partition coefficient (Wildman–Crippen LogP) is 3.39. The second-order valence-corrected chi connectivity index (χ2v) is 13.7. The third-order valence-corrected chi connectivity index (χ3v) is 9.82. The number of hydrogen-bond acceptors (Lipinski definition) is 6. The van der Waals surface area contributed by atoms with Gasteiger partial charge in [-0.05, 0) is 53.7 Å². The molecule has 0 radical (unpaired) electrons. The lowest BCUT2D eigenvalue weighted by molar-refractivity contribution is -0.142. The summed E-state index contributed by atoms with van der Waals surface area (Å²) < 4.78 is 12.7. The molecule has 3 aromatic rings. The summed E-state index contributed by atoms with van der Waals surface area (Å²) in [5.41, 5.74) is 1.46. The Morgan fingerprint density at radius 2 is 1.55 bits per heavy atom. The fraction of sp³-hybridized carbons (Fsp3) is 0.375.